The molecule has 100 valence electrons. The first-order valence-corrected chi connectivity index (χ1v) is 6.66. The van der Waals surface area contributed by atoms with Crippen LogP contribution in [0.3, 0.4) is 0 Å². The molecule has 0 amide bonds. The van der Waals surface area contributed by atoms with Crippen molar-refractivity contribution in [3.8, 4) is 0 Å². The molecule has 1 heterocycles. The number of rotatable bonds is 5. The summed E-state index contributed by atoms with van der Waals surface area (Å²) in [7, 11) is 0. The van der Waals surface area contributed by atoms with Gasteiger partial charge in [0, 0.05) is 17.6 Å². The summed E-state index contributed by atoms with van der Waals surface area (Å²) in [5.74, 6) is -0.309. The lowest BCUT2D eigenvalue weighted by molar-refractivity contribution is 0.504. The summed E-state index contributed by atoms with van der Waals surface area (Å²) in [5, 5.41) is 4.15. The number of pyridine rings is 1. The molecule has 0 fully saturated rings. The first kappa shape index (κ1) is 14.0. The molecule has 2 rings (SSSR count). The van der Waals surface area contributed by atoms with Crippen LogP contribution in [-0.4, -0.2) is 4.98 Å². The Balaban J connectivity index is 1.99. The van der Waals surface area contributed by atoms with E-state index in [1.54, 1.807) is 6.07 Å². The highest BCUT2D eigenvalue weighted by molar-refractivity contribution is 6.30. The van der Waals surface area contributed by atoms with Crippen molar-refractivity contribution >= 4 is 11.6 Å². The molecule has 0 aliphatic rings. The molecule has 0 saturated carbocycles. The van der Waals surface area contributed by atoms with Gasteiger partial charge in [0.25, 0.3) is 0 Å². The summed E-state index contributed by atoms with van der Waals surface area (Å²) in [6.45, 7) is 2.80. The van der Waals surface area contributed by atoms with Gasteiger partial charge < -0.3 is 5.32 Å². The topological polar surface area (TPSA) is 24.9 Å². The zero-order valence-corrected chi connectivity index (χ0v) is 11.5. The second-order valence-electron chi connectivity index (χ2n) is 4.37. The summed E-state index contributed by atoms with van der Waals surface area (Å²) in [6.07, 6.45) is 2.15. The van der Waals surface area contributed by atoms with Crippen molar-refractivity contribution in [3.05, 3.63) is 64.7 Å². The maximum atomic E-state index is 12.8. The van der Waals surface area contributed by atoms with Gasteiger partial charge in [0.05, 0.1) is 11.9 Å². The summed E-state index contributed by atoms with van der Waals surface area (Å²) < 4.78 is 12.8. The lowest BCUT2D eigenvalue weighted by atomic mass is 10.1. The summed E-state index contributed by atoms with van der Waals surface area (Å²) >= 11 is 5.85. The Morgan fingerprint density at radius 2 is 1.95 bits per heavy atom. The normalized spacial score (nSPS) is 12.4. The fourth-order valence-corrected chi connectivity index (χ4v) is 2.02. The van der Waals surface area contributed by atoms with Crippen molar-refractivity contribution < 1.29 is 4.39 Å². The van der Waals surface area contributed by atoms with E-state index in [9.17, 15) is 4.39 Å². The third kappa shape index (κ3) is 4.01. The Kier molecular flexibility index (Phi) is 4.88. The number of halogens is 2. The SMILES string of the molecule is CCC(NCc1ccc(Cl)cc1)c1ccc(F)cn1. The van der Waals surface area contributed by atoms with Gasteiger partial charge in [-0.2, -0.15) is 0 Å². The minimum Gasteiger partial charge on any atom is -0.305 e. The Hall–Kier alpha value is -1.45. The highest BCUT2D eigenvalue weighted by Crippen LogP contribution is 2.16. The molecular formula is C15H16ClFN2. The van der Waals surface area contributed by atoms with Gasteiger partial charge in [0.15, 0.2) is 0 Å². The average molecular weight is 279 g/mol. The quantitative estimate of drug-likeness (QED) is 0.890. The highest BCUT2D eigenvalue weighted by Gasteiger charge is 2.10. The summed E-state index contributed by atoms with van der Waals surface area (Å²) in [5.41, 5.74) is 2.02. The number of hydrogen-bond donors (Lipinski definition) is 1. The molecule has 0 saturated heterocycles. The van der Waals surface area contributed by atoms with Gasteiger partial charge in [0.2, 0.25) is 0 Å². The van der Waals surface area contributed by atoms with Crippen LogP contribution in [0.15, 0.2) is 42.6 Å². The zero-order valence-electron chi connectivity index (χ0n) is 10.7. The standard InChI is InChI=1S/C15H16ClFN2/c1-2-14(15-8-7-13(17)10-19-15)18-9-11-3-5-12(16)6-4-11/h3-8,10,14,18H,2,9H2,1H3. The van der Waals surface area contributed by atoms with E-state index >= 15 is 0 Å². The molecule has 0 spiro atoms. The summed E-state index contributed by atoms with van der Waals surface area (Å²) in [6, 6.07) is 11.0. The molecule has 0 bridgehead atoms. The minimum atomic E-state index is -0.309. The number of nitrogens with one attached hydrogen (secondary N) is 1. The molecule has 1 aromatic heterocycles. The molecule has 4 heteroatoms. The second kappa shape index (κ2) is 6.64. The molecule has 0 aliphatic carbocycles. The van der Waals surface area contributed by atoms with Crippen LogP contribution in [0.25, 0.3) is 0 Å². The van der Waals surface area contributed by atoms with Crippen LogP contribution >= 0.6 is 11.6 Å². The smallest absolute Gasteiger partial charge is 0.141 e. The van der Waals surface area contributed by atoms with Gasteiger partial charge in [-0.15, -0.1) is 0 Å². The first-order chi connectivity index (χ1) is 9.19. The lowest BCUT2D eigenvalue weighted by Gasteiger charge is -2.16. The van der Waals surface area contributed by atoms with Crippen LogP contribution in [-0.2, 0) is 6.54 Å². The van der Waals surface area contributed by atoms with Crippen molar-refractivity contribution in [3.63, 3.8) is 0 Å². The van der Waals surface area contributed by atoms with E-state index in [4.69, 9.17) is 11.6 Å². The lowest BCUT2D eigenvalue weighted by Crippen LogP contribution is -2.21. The average Bonchev–Trinajstić information content (AvgIpc) is 2.43. The van der Waals surface area contributed by atoms with Crippen molar-refractivity contribution in [1.29, 1.82) is 0 Å². The Morgan fingerprint density at radius 1 is 1.21 bits per heavy atom. The zero-order chi connectivity index (χ0) is 13.7. The van der Waals surface area contributed by atoms with Crippen molar-refractivity contribution in [1.82, 2.24) is 10.3 Å². The predicted octanol–water partition coefficient (Wildman–Crippen LogP) is 4.12. The van der Waals surface area contributed by atoms with E-state index in [0.717, 1.165) is 29.2 Å². The number of nitrogens with zero attached hydrogens (tertiary/aromatic N) is 1. The van der Waals surface area contributed by atoms with Crippen molar-refractivity contribution in [2.24, 2.45) is 0 Å². The predicted molar refractivity (Wildman–Crippen MR) is 75.5 cm³/mol. The van der Waals surface area contributed by atoms with Crippen LogP contribution in [0.5, 0.6) is 0 Å². The van der Waals surface area contributed by atoms with E-state index in [2.05, 4.69) is 17.2 Å². The van der Waals surface area contributed by atoms with Crippen molar-refractivity contribution in [2.75, 3.05) is 0 Å². The fraction of sp³-hybridized carbons (Fsp3) is 0.267. The third-order valence-electron chi connectivity index (χ3n) is 2.98. The van der Waals surface area contributed by atoms with E-state index in [0.29, 0.717) is 0 Å². The van der Waals surface area contributed by atoms with E-state index in [1.807, 2.05) is 24.3 Å². The minimum absolute atomic E-state index is 0.122. The summed E-state index contributed by atoms with van der Waals surface area (Å²) in [4.78, 5) is 4.12. The van der Waals surface area contributed by atoms with E-state index < -0.39 is 0 Å². The van der Waals surface area contributed by atoms with Crippen LogP contribution < -0.4 is 5.32 Å². The van der Waals surface area contributed by atoms with Crippen LogP contribution in [0.1, 0.15) is 30.6 Å². The molecular weight excluding hydrogens is 263 g/mol. The molecule has 0 radical (unpaired) electrons. The van der Waals surface area contributed by atoms with Gasteiger partial charge in [-0.25, -0.2) is 4.39 Å². The molecule has 2 nitrogen and oxygen atoms in total. The van der Waals surface area contributed by atoms with Crippen molar-refractivity contribution in [2.45, 2.75) is 25.9 Å². The fourth-order valence-electron chi connectivity index (χ4n) is 1.89. The second-order valence-corrected chi connectivity index (χ2v) is 4.81. The molecule has 19 heavy (non-hydrogen) atoms. The van der Waals surface area contributed by atoms with E-state index in [1.165, 1.54) is 12.3 Å². The maximum Gasteiger partial charge on any atom is 0.141 e. The molecule has 1 unspecified atom stereocenters. The molecule has 0 aliphatic heterocycles. The van der Waals surface area contributed by atoms with Gasteiger partial charge in [-0.05, 0) is 36.2 Å². The van der Waals surface area contributed by atoms with Gasteiger partial charge in [-0.3, -0.25) is 4.98 Å². The largest absolute Gasteiger partial charge is 0.305 e. The maximum absolute atomic E-state index is 12.8. The number of benzene rings is 1. The van der Waals surface area contributed by atoms with Crippen LogP contribution in [0, 0.1) is 5.82 Å². The van der Waals surface area contributed by atoms with E-state index in [-0.39, 0.29) is 11.9 Å². The monoisotopic (exact) mass is 278 g/mol. The Morgan fingerprint density at radius 3 is 2.53 bits per heavy atom. The molecule has 2 aromatic rings. The van der Waals surface area contributed by atoms with Gasteiger partial charge in [0.1, 0.15) is 5.82 Å². The molecule has 1 aromatic carbocycles. The van der Waals surface area contributed by atoms with Crippen LogP contribution in [0.4, 0.5) is 4.39 Å². The highest BCUT2D eigenvalue weighted by atomic mass is 35.5. The van der Waals surface area contributed by atoms with Gasteiger partial charge in [-0.1, -0.05) is 30.7 Å². The Bertz CT molecular complexity index is 511. The third-order valence-corrected chi connectivity index (χ3v) is 3.23. The molecule has 1 atom stereocenters. The number of aromatic nitrogens is 1. The Labute approximate surface area is 117 Å². The molecule has 1 N–H and O–H groups in total. The first-order valence-electron chi connectivity index (χ1n) is 6.28. The van der Waals surface area contributed by atoms with Gasteiger partial charge >= 0.3 is 0 Å². The number of hydrogen-bond acceptors (Lipinski definition) is 2. The van der Waals surface area contributed by atoms with Crippen LogP contribution in [0.2, 0.25) is 5.02 Å².